The molecule has 23 heavy (non-hydrogen) atoms. The van der Waals surface area contributed by atoms with E-state index in [1.54, 1.807) is 30.0 Å². The summed E-state index contributed by atoms with van der Waals surface area (Å²) in [4.78, 5) is 22.6. The number of aromatic nitrogens is 1. The van der Waals surface area contributed by atoms with Crippen molar-refractivity contribution in [2.75, 3.05) is 12.4 Å². The van der Waals surface area contributed by atoms with Crippen LogP contribution in [0.25, 0.3) is 5.69 Å². The lowest BCUT2D eigenvalue weighted by Gasteiger charge is -2.09. The number of benzene rings is 1. The Morgan fingerprint density at radius 2 is 2.09 bits per heavy atom. The van der Waals surface area contributed by atoms with Crippen molar-refractivity contribution >= 4 is 35.0 Å². The Morgan fingerprint density at radius 1 is 1.39 bits per heavy atom. The normalized spacial score (nSPS) is 10.5. The van der Waals surface area contributed by atoms with Gasteiger partial charge in [0, 0.05) is 24.2 Å². The molecule has 2 aromatic rings. The Labute approximate surface area is 142 Å². The quantitative estimate of drug-likeness (QED) is 0.324. The van der Waals surface area contributed by atoms with Gasteiger partial charge in [0.15, 0.2) is 0 Å². The number of hydrogen-bond acceptors (Lipinski definition) is 5. The van der Waals surface area contributed by atoms with E-state index >= 15 is 0 Å². The van der Waals surface area contributed by atoms with E-state index in [2.05, 4.69) is 0 Å². The van der Waals surface area contributed by atoms with E-state index in [4.69, 9.17) is 16.3 Å². The van der Waals surface area contributed by atoms with E-state index in [0.29, 0.717) is 28.0 Å². The van der Waals surface area contributed by atoms with Crippen molar-refractivity contribution in [1.82, 2.24) is 4.57 Å². The van der Waals surface area contributed by atoms with Gasteiger partial charge in [0.1, 0.15) is 0 Å². The van der Waals surface area contributed by atoms with Crippen LogP contribution in [-0.4, -0.2) is 27.8 Å². The largest absolute Gasteiger partial charge is 0.466 e. The number of nitrogens with zero attached hydrogens (tertiary/aromatic N) is 2. The first-order valence-corrected chi connectivity index (χ1v) is 8.29. The molecule has 0 fully saturated rings. The summed E-state index contributed by atoms with van der Waals surface area (Å²) in [5, 5.41) is 11.5. The lowest BCUT2D eigenvalue weighted by atomic mass is 10.3. The van der Waals surface area contributed by atoms with Crippen LogP contribution in [0.5, 0.6) is 0 Å². The summed E-state index contributed by atoms with van der Waals surface area (Å²) in [6.45, 7) is 2.06. The smallest absolute Gasteiger partial charge is 0.306 e. The molecule has 0 saturated heterocycles. The third-order valence-corrected chi connectivity index (χ3v) is 4.33. The Balaban J connectivity index is 2.23. The molecule has 8 heteroatoms. The zero-order valence-electron chi connectivity index (χ0n) is 12.4. The zero-order valence-corrected chi connectivity index (χ0v) is 14.0. The highest BCUT2D eigenvalue weighted by Crippen LogP contribution is 2.36. The van der Waals surface area contributed by atoms with E-state index in [1.165, 1.54) is 17.8 Å². The number of nitro groups is 1. The molecule has 0 unspecified atom stereocenters. The Morgan fingerprint density at radius 3 is 2.70 bits per heavy atom. The van der Waals surface area contributed by atoms with Crippen molar-refractivity contribution in [3.63, 3.8) is 0 Å². The standard InChI is InChI=1S/C15H15ClN2O4S/c1-2-22-15(19)5-8-23-14-10-12(17-6-3-4-7-17)11(16)9-13(14)18(20)21/h3-4,6-7,9-10H,2,5,8H2,1H3. The first-order valence-electron chi connectivity index (χ1n) is 6.92. The number of esters is 1. The van der Waals surface area contributed by atoms with Crippen LogP contribution in [0, 0.1) is 10.1 Å². The number of thioether (sulfide) groups is 1. The number of carbonyl (C=O) groups is 1. The van der Waals surface area contributed by atoms with Gasteiger partial charge < -0.3 is 9.30 Å². The first-order chi connectivity index (χ1) is 11.0. The van der Waals surface area contributed by atoms with Crippen LogP contribution in [-0.2, 0) is 9.53 Å². The van der Waals surface area contributed by atoms with Gasteiger partial charge in [0.2, 0.25) is 0 Å². The van der Waals surface area contributed by atoms with Crippen LogP contribution in [0.4, 0.5) is 5.69 Å². The molecule has 1 aromatic carbocycles. The molecule has 0 bridgehead atoms. The van der Waals surface area contributed by atoms with Crippen LogP contribution in [0.15, 0.2) is 41.6 Å². The van der Waals surface area contributed by atoms with Crippen molar-refractivity contribution in [1.29, 1.82) is 0 Å². The van der Waals surface area contributed by atoms with Crippen LogP contribution >= 0.6 is 23.4 Å². The molecule has 0 amide bonds. The van der Waals surface area contributed by atoms with Gasteiger partial charge in [0.05, 0.1) is 33.6 Å². The second kappa shape index (κ2) is 8.03. The SMILES string of the molecule is CCOC(=O)CCSc1cc(-n2cccc2)c(Cl)cc1[N+](=O)[O-]. The third kappa shape index (κ3) is 4.49. The van der Waals surface area contributed by atoms with Crippen molar-refractivity contribution in [2.24, 2.45) is 0 Å². The van der Waals surface area contributed by atoms with Gasteiger partial charge in [-0.2, -0.15) is 0 Å². The van der Waals surface area contributed by atoms with Gasteiger partial charge in [-0.05, 0) is 25.1 Å². The van der Waals surface area contributed by atoms with Crippen LogP contribution in [0.3, 0.4) is 0 Å². The van der Waals surface area contributed by atoms with Crippen molar-refractivity contribution in [3.05, 3.63) is 51.8 Å². The predicted molar refractivity (Wildman–Crippen MR) is 89.4 cm³/mol. The van der Waals surface area contributed by atoms with Gasteiger partial charge >= 0.3 is 5.97 Å². The topological polar surface area (TPSA) is 74.4 Å². The number of ether oxygens (including phenoxy) is 1. The number of hydrogen-bond donors (Lipinski definition) is 0. The monoisotopic (exact) mass is 354 g/mol. The molecular formula is C15H15ClN2O4S. The molecule has 0 spiro atoms. The fraction of sp³-hybridized carbons (Fsp3) is 0.267. The van der Waals surface area contributed by atoms with E-state index in [1.807, 2.05) is 12.1 Å². The molecule has 1 heterocycles. The fourth-order valence-electron chi connectivity index (χ4n) is 1.96. The third-order valence-electron chi connectivity index (χ3n) is 2.98. The molecule has 0 N–H and O–H groups in total. The van der Waals surface area contributed by atoms with Crippen molar-refractivity contribution in [3.8, 4) is 5.69 Å². The summed E-state index contributed by atoms with van der Waals surface area (Å²) < 4.78 is 6.63. The van der Waals surface area contributed by atoms with Gasteiger partial charge in [-0.15, -0.1) is 11.8 Å². The molecule has 0 saturated carbocycles. The Hall–Kier alpha value is -1.99. The average Bonchev–Trinajstić information content (AvgIpc) is 3.02. The summed E-state index contributed by atoms with van der Waals surface area (Å²) in [6.07, 6.45) is 3.80. The zero-order chi connectivity index (χ0) is 16.8. The number of rotatable bonds is 7. The molecular weight excluding hydrogens is 340 g/mol. The van der Waals surface area contributed by atoms with Crippen LogP contribution < -0.4 is 0 Å². The minimum absolute atomic E-state index is 0.0697. The molecule has 0 radical (unpaired) electrons. The minimum Gasteiger partial charge on any atom is -0.466 e. The highest BCUT2D eigenvalue weighted by molar-refractivity contribution is 7.99. The van der Waals surface area contributed by atoms with E-state index in [9.17, 15) is 14.9 Å². The summed E-state index contributed by atoms with van der Waals surface area (Å²) in [6, 6.07) is 6.68. The molecule has 122 valence electrons. The van der Waals surface area contributed by atoms with Crippen LogP contribution in [0.1, 0.15) is 13.3 Å². The van der Waals surface area contributed by atoms with Gasteiger partial charge in [-0.25, -0.2) is 0 Å². The highest BCUT2D eigenvalue weighted by Gasteiger charge is 2.19. The summed E-state index contributed by atoms with van der Waals surface area (Å²) >= 11 is 7.39. The van der Waals surface area contributed by atoms with E-state index in [-0.39, 0.29) is 18.1 Å². The maximum absolute atomic E-state index is 11.4. The van der Waals surface area contributed by atoms with Gasteiger partial charge in [-0.3, -0.25) is 14.9 Å². The van der Waals surface area contributed by atoms with Crippen LogP contribution in [0.2, 0.25) is 5.02 Å². The summed E-state index contributed by atoms with van der Waals surface area (Å²) in [5.74, 6) is 0.0779. The lowest BCUT2D eigenvalue weighted by Crippen LogP contribution is -2.05. The molecule has 0 aliphatic heterocycles. The molecule has 2 rings (SSSR count). The van der Waals surface area contributed by atoms with Gasteiger partial charge in [-0.1, -0.05) is 11.6 Å². The van der Waals surface area contributed by atoms with E-state index in [0.717, 1.165) is 0 Å². The maximum atomic E-state index is 11.4. The highest BCUT2D eigenvalue weighted by atomic mass is 35.5. The summed E-state index contributed by atoms with van der Waals surface area (Å²) in [5.41, 5.74) is 0.584. The molecule has 0 atom stereocenters. The predicted octanol–water partition coefficient (Wildman–Crippen LogP) is 4.08. The van der Waals surface area contributed by atoms with Crippen molar-refractivity contribution in [2.45, 2.75) is 18.2 Å². The Kier molecular flexibility index (Phi) is 6.06. The first kappa shape index (κ1) is 17.4. The lowest BCUT2D eigenvalue weighted by molar-refractivity contribution is -0.387. The summed E-state index contributed by atoms with van der Waals surface area (Å²) in [7, 11) is 0. The molecule has 1 aromatic heterocycles. The fourth-order valence-corrected chi connectivity index (χ4v) is 3.18. The number of nitro benzene ring substituents is 1. The second-order valence-electron chi connectivity index (χ2n) is 4.52. The molecule has 0 aliphatic rings. The molecule has 0 aliphatic carbocycles. The van der Waals surface area contributed by atoms with Gasteiger partial charge in [0.25, 0.3) is 5.69 Å². The minimum atomic E-state index is -0.474. The second-order valence-corrected chi connectivity index (χ2v) is 6.07. The molecule has 6 nitrogen and oxygen atoms in total. The van der Waals surface area contributed by atoms with E-state index < -0.39 is 4.92 Å². The number of carbonyl (C=O) groups excluding carboxylic acids is 1. The maximum Gasteiger partial charge on any atom is 0.306 e. The average molecular weight is 355 g/mol. The Bertz CT molecular complexity index is 704. The van der Waals surface area contributed by atoms with Crippen molar-refractivity contribution < 1.29 is 14.5 Å². The number of halogens is 1.